The van der Waals surface area contributed by atoms with Gasteiger partial charge in [-0.05, 0) is 49.9 Å². The average Bonchev–Trinajstić information content (AvgIpc) is 2.88. The SMILES string of the molecule is Cc1ccc(F)cc1C(NC(C)C)c1nc(C(C)C)cs1. The maximum absolute atomic E-state index is 13.6. The van der Waals surface area contributed by atoms with Gasteiger partial charge in [-0.3, -0.25) is 0 Å². The van der Waals surface area contributed by atoms with Crippen molar-refractivity contribution in [2.45, 2.75) is 52.6 Å². The lowest BCUT2D eigenvalue weighted by Crippen LogP contribution is -2.29. The molecule has 1 aromatic heterocycles. The van der Waals surface area contributed by atoms with E-state index in [0.717, 1.165) is 21.8 Å². The second kappa shape index (κ2) is 6.67. The number of halogens is 1. The average molecular weight is 306 g/mol. The molecule has 1 N–H and O–H groups in total. The van der Waals surface area contributed by atoms with Gasteiger partial charge in [0.25, 0.3) is 0 Å². The van der Waals surface area contributed by atoms with E-state index >= 15 is 0 Å². The zero-order chi connectivity index (χ0) is 15.6. The van der Waals surface area contributed by atoms with Crippen molar-refractivity contribution in [2.75, 3.05) is 0 Å². The Balaban J connectivity index is 2.44. The van der Waals surface area contributed by atoms with Crippen molar-refractivity contribution in [1.82, 2.24) is 10.3 Å². The Kier molecular flexibility index (Phi) is 5.12. The maximum Gasteiger partial charge on any atom is 0.123 e. The van der Waals surface area contributed by atoms with Crippen LogP contribution in [0.1, 0.15) is 61.5 Å². The molecule has 0 amide bonds. The Morgan fingerprint density at radius 1 is 1.19 bits per heavy atom. The molecule has 1 aromatic carbocycles. The number of nitrogens with one attached hydrogen (secondary N) is 1. The van der Waals surface area contributed by atoms with Crippen LogP contribution in [0.15, 0.2) is 23.6 Å². The molecule has 0 spiro atoms. The van der Waals surface area contributed by atoms with Crippen LogP contribution >= 0.6 is 11.3 Å². The van der Waals surface area contributed by atoms with Gasteiger partial charge in [0.2, 0.25) is 0 Å². The van der Waals surface area contributed by atoms with Crippen LogP contribution in [-0.2, 0) is 0 Å². The van der Waals surface area contributed by atoms with Gasteiger partial charge in [0.05, 0.1) is 11.7 Å². The van der Waals surface area contributed by atoms with Crippen LogP contribution in [0.2, 0.25) is 0 Å². The predicted octanol–water partition coefficient (Wildman–Crippen LogP) is 4.80. The van der Waals surface area contributed by atoms with Gasteiger partial charge < -0.3 is 5.32 Å². The van der Waals surface area contributed by atoms with Gasteiger partial charge >= 0.3 is 0 Å². The fourth-order valence-corrected chi connectivity index (χ4v) is 3.30. The van der Waals surface area contributed by atoms with Crippen LogP contribution in [0.3, 0.4) is 0 Å². The molecule has 0 saturated heterocycles. The third-order valence-corrected chi connectivity index (χ3v) is 4.36. The molecule has 114 valence electrons. The van der Waals surface area contributed by atoms with Gasteiger partial charge in [-0.2, -0.15) is 0 Å². The summed E-state index contributed by atoms with van der Waals surface area (Å²) in [5.41, 5.74) is 3.14. The Labute approximate surface area is 130 Å². The molecule has 0 aliphatic heterocycles. The molecule has 1 atom stereocenters. The molecule has 0 radical (unpaired) electrons. The molecule has 2 aromatic rings. The van der Waals surface area contributed by atoms with Crippen LogP contribution in [0, 0.1) is 12.7 Å². The monoisotopic (exact) mass is 306 g/mol. The largest absolute Gasteiger partial charge is 0.302 e. The first kappa shape index (κ1) is 16.1. The molecule has 4 heteroatoms. The van der Waals surface area contributed by atoms with E-state index in [1.807, 2.05) is 13.0 Å². The van der Waals surface area contributed by atoms with Gasteiger partial charge in [0.1, 0.15) is 10.8 Å². The highest BCUT2D eigenvalue weighted by atomic mass is 32.1. The lowest BCUT2D eigenvalue weighted by molar-refractivity contribution is 0.520. The third kappa shape index (κ3) is 3.89. The summed E-state index contributed by atoms with van der Waals surface area (Å²) >= 11 is 1.64. The Hall–Kier alpha value is -1.26. The first-order valence-electron chi connectivity index (χ1n) is 7.36. The lowest BCUT2D eigenvalue weighted by atomic mass is 10.0. The summed E-state index contributed by atoms with van der Waals surface area (Å²) in [5.74, 6) is 0.204. The summed E-state index contributed by atoms with van der Waals surface area (Å²) in [6.45, 7) is 10.5. The van der Waals surface area contributed by atoms with E-state index in [2.05, 4.69) is 38.4 Å². The topological polar surface area (TPSA) is 24.9 Å². The number of aromatic nitrogens is 1. The number of aryl methyl sites for hydroxylation is 1. The normalized spacial score (nSPS) is 13.1. The van der Waals surface area contributed by atoms with Gasteiger partial charge in [0.15, 0.2) is 0 Å². The van der Waals surface area contributed by atoms with E-state index in [9.17, 15) is 4.39 Å². The number of hydrogen-bond acceptors (Lipinski definition) is 3. The quantitative estimate of drug-likeness (QED) is 0.858. The van der Waals surface area contributed by atoms with E-state index in [0.29, 0.717) is 12.0 Å². The Morgan fingerprint density at radius 2 is 1.90 bits per heavy atom. The van der Waals surface area contributed by atoms with Crippen LogP contribution in [0.4, 0.5) is 4.39 Å². The third-order valence-electron chi connectivity index (χ3n) is 3.43. The zero-order valence-corrected chi connectivity index (χ0v) is 14.1. The molecular formula is C17H23FN2S. The number of nitrogens with zero attached hydrogens (tertiary/aromatic N) is 1. The molecule has 2 rings (SSSR count). The van der Waals surface area contributed by atoms with E-state index < -0.39 is 0 Å². The highest BCUT2D eigenvalue weighted by Crippen LogP contribution is 2.30. The minimum absolute atomic E-state index is 0.0572. The molecule has 1 unspecified atom stereocenters. The first-order chi connectivity index (χ1) is 9.88. The summed E-state index contributed by atoms with van der Waals surface area (Å²) in [7, 11) is 0. The van der Waals surface area contributed by atoms with E-state index in [1.165, 1.54) is 6.07 Å². The number of hydrogen-bond donors (Lipinski definition) is 1. The van der Waals surface area contributed by atoms with Gasteiger partial charge in [-0.1, -0.05) is 19.9 Å². The summed E-state index contributed by atoms with van der Waals surface area (Å²) in [4.78, 5) is 4.74. The van der Waals surface area contributed by atoms with Crippen molar-refractivity contribution in [2.24, 2.45) is 0 Å². The van der Waals surface area contributed by atoms with Crippen molar-refractivity contribution in [3.63, 3.8) is 0 Å². The standard InChI is InChI=1S/C17H23FN2S/c1-10(2)15-9-21-17(20-15)16(19-11(3)4)14-8-13(18)7-6-12(14)5/h6-11,16,19H,1-5H3. The second-order valence-electron chi connectivity index (χ2n) is 6.02. The maximum atomic E-state index is 13.6. The molecule has 21 heavy (non-hydrogen) atoms. The molecule has 0 bridgehead atoms. The lowest BCUT2D eigenvalue weighted by Gasteiger charge is -2.21. The molecule has 0 aliphatic rings. The number of thiazole rings is 1. The van der Waals surface area contributed by atoms with Crippen molar-refractivity contribution < 1.29 is 4.39 Å². The highest BCUT2D eigenvalue weighted by molar-refractivity contribution is 7.09. The minimum Gasteiger partial charge on any atom is -0.302 e. The highest BCUT2D eigenvalue weighted by Gasteiger charge is 2.21. The smallest absolute Gasteiger partial charge is 0.123 e. The molecule has 0 aliphatic carbocycles. The van der Waals surface area contributed by atoms with Crippen LogP contribution in [0.25, 0.3) is 0 Å². The summed E-state index contributed by atoms with van der Waals surface area (Å²) in [5, 5.41) is 6.62. The van der Waals surface area contributed by atoms with Crippen LogP contribution < -0.4 is 5.32 Å². The zero-order valence-electron chi connectivity index (χ0n) is 13.3. The molecule has 0 fully saturated rings. The summed E-state index contributed by atoms with van der Waals surface area (Å²) in [6, 6.07) is 5.19. The fraction of sp³-hybridized carbons (Fsp3) is 0.471. The number of benzene rings is 1. The summed E-state index contributed by atoms with van der Waals surface area (Å²) < 4.78 is 13.6. The van der Waals surface area contributed by atoms with Gasteiger partial charge in [-0.15, -0.1) is 11.3 Å². The van der Waals surface area contributed by atoms with E-state index in [4.69, 9.17) is 4.98 Å². The van der Waals surface area contributed by atoms with Crippen molar-refractivity contribution >= 4 is 11.3 Å². The van der Waals surface area contributed by atoms with E-state index in [1.54, 1.807) is 17.4 Å². The van der Waals surface area contributed by atoms with Crippen LogP contribution in [0.5, 0.6) is 0 Å². The molecular weight excluding hydrogens is 283 g/mol. The van der Waals surface area contributed by atoms with Gasteiger partial charge in [0, 0.05) is 11.4 Å². The van der Waals surface area contributed by atoms with Gasteiger partial charge in [-0.25, -0.2) is 9.37 Å². The predicted molar refractivity (Wildman–Crippen MR) is 87.5 cm³/mol. The Bertz CT molecular complexity index is 605. The second-order valence-corrected chi connectivity index (χ2v) is 6.91. The van der Waals surface area contributed by atoms with Crippen LogP contribution in [-0.4, -0.2) is 11.0 Å². The molecule has 1 heterocycles. The van der Waals surface area contributed by atoms with E-state index in [-0.39, 0.29) is 11.9 Å². The van der Waals surface area contributed by atoms with Crippen molar-refractivity contribution in [1.29, 1.82) is 0 Å². The Morgan fingerprint density at radius 3 is 2.48 bits per heavy atom. The molecule has 2 nitrogen and oxygen atoms in total. The number of rotatable bonds is 5. The fourth-order valence-electron chi connectivity index (χ4n) is 2.25. The van der Waals surface area contributed by atoms with Crippen molar-refractivity contribution in [3.05, 3.63) is 51.2 Å². The summed E-state index contributed by atoms with van der Waals surface area (Å²) in [6.07, 6.45) is 0. The first-order valence-corrected chi connectivity index (χ1v) is 8.24. The molecule has 0 saturated carbocycles. The van der Waals surface area contributed by atoms with Crippen molar-refractivity contribution in [3.8, 4) is 0 Å². The minimum atomic E-state index is -0.202.